The lowest BCUT2D eigenvalue weighted by Gasteiger charge is -2.15. The minimum absolute atomic E-state index is 0.0222. The summed E-state index contributed by atoms with van der Waals surface area (Å²) in [5.74, 6) is 0.0222. The molecule has 1 amide bonds. The molecular formula is C15H25N3O4. The predicted octanol–water partition coefficient (Wildman–Crippen LogP) is 0.297. The molecule has 0 atom stereocenters. The van der Waals surface area contributed by atoms with Crippen LogP contribution < -0.4 is 5.32 Å². The van der Waals surface area contributed by atoms with E-state index in [1.165, 1.54) is 5.69 Å². The number of nitrogens with one attached hydrogen (secondary N) is 1. The molecule has 0 spiro atoms. The molecule has 0 saturated carbocycles. The van der Waals surface area contributed by atoms with E-state index in [4.69, 9.17) is 14.2 Å². The van der Waals surface area contributed by atoms with Crippen molar-refractivity contribution in [1.82, 2.24) is 15.1 Å². The molecule has 0 aromatic carbocycles. The maximum Gasteiger partial charge on any atom is 0.220 e. The van der Waals surface area contributed by atoms with Crippen molar-refractivity contribution < 1.29 is 19.0 Å². The van der Waals surface area contributed by atoms with Gasteiger partial charge < -0.3 is 19.5 Å². The fraction of sp³-hybridized carbons (Fsp3) is 0.733. The van der Waals surface area contributed by atoms with E-state index < -0.39 is 0 Å². The Kier molecular flexibility index (Phi) is 6.82. The molecular weight excluding hydrogens is 286 g/mol. The Bertz CT molecular complexity index is 487. The van der Waals surface area contributed by atoms with Gasteiger partial charge in [-0.05, 0) is 0 Å². The predicted molar refractivity (Wildman–Crippen MR) is 80.7 cm³/mol. The van der Waals surface area contributed by atoms with Crippen molar-refractivity contribution >= 4 is 5.91 Å². The van der Waals surface area contributed by atoms with Crippen LogP contribution in [0.1, 0.15) is 23.4 Å². The van der Waals surface area contributed by atoms with Crippen LogP contribution in [0, 0.1) is 0 Å². The van der Waals surface area contributed by atoms with E-state index in [1.807, 2.05) is 4.68 Å². The van der Waals surface area contributed by atoms with Gasteiger partial charge in [-0.1, -0.05) is 0 Å². The lowest BCUT2D eigenvalue weighted by atomic mass is 10.1. The van der Waals surface area contributed by atoms with Crippen LogP contribution in [-0.2, 0) is 45.0 Å². The largest absolute Gasteiger partial charge is 0.383 e. The zero-order valence-corrected chi connectivity index (χ0v) is 13.4. The number of hydrogen-bond donors (Lipinski definition) is 1. The molecule has 1 N–H and O–H groups in total. The summed E-state index contributed by atoms with van der Waals surface area (Å²) in [4.78, 5) is 11.8. The van der Waals surface area contributed by atoms with Crippen LogP contribution >= 0.6 is 0 Å². The van der Waals surface area contributed by atoms with Crippen molar-refractivity contribution in [2.75, 3.05) is 40.6 Å². The Balaban J connectivity index is 1.95. The van der Waals surface area contributed by atoms with Crippen LogP contribution in [0.5, 0.6) is 0 Å². The van der Waals surface area contributed by atoms with E-state index >= 15 is 0 Å². The van der Waals surface area contributed by atoms with Crippen LogP contribution in [0.15, 0.2) is 0 Å². The van der Waals surface area contributed by atoms with Gasteiger partial charge in [0.2, 0.25) is 5.91 Å². The van der Waals surface area contributed by atoms with E-state index in [2.05, 4.69) is 10.4 Å². The van der Waals surface area contributed by atoms with Crippen molar-refractivity contribution in [3.8, 4) is 0 Å². The molecule has 1 aliphatic rings. The van der Waals surface area contributed by atoms with E-state index in [0.717, 1.165) is 30.8 Å². The fourth-order valence-electron chi connectivity index (χ4n) is 2.55. The first-order valence-electron chi connectivity index (χ1n) is 7.66. The highest BCUT2D eigenvalue weighted by molar-refractivity contribution is 5.76. The molecule has 1 aliphatic heterocycles. The number of nitrogens with zero attached hydrogens (tertiary/aromatic N) is 2. The van der Waals surface area contributed by atoms with Crippen LogP contribution in [0.25, 0.3) is 0 Å². The summed E-state index contributed by atoms with van der Waals surface area (Å²) in [5, 5.41) is 7.47. The molecule has 0 bridgehead atoms. The lowest BCUT2D eigenvalue weighted by Crippen LogP contribution is -2.27. The van der Waals surface area contributed by atoms with E-state index in [-0.39, 0.29) is 5.91 Å². The Labute approximate surface area is 130 Å². The van der Waals surface area contributed by atoms with Crippen molar-refractivity contribution in [2.45, 2.75) is 32.4 Å². The van der Waals surface area contributed by atoms with Crippen molar-refractivity contribution in [3.05, 3.63) is 17.0 Å². The first kappa shape index (κ1) is 16.9. The van der Waals surface area contributed by atoms with Crippen molar-refractivity contribution in [3.63, 3.8) is 0 Å². The van der Waals surface area contributed by atoms with Gasteiger partial charge >= 0.3 is 0 Å². The van der Waals surface area contributed by atoms with Crippen LogP contribution in [0.4, 0.5) is 0 Å². The summed E-state index contributed by atoms with van der Waals surface area (Å²) >= 11 is 0. The number of carbonyl (C=O) groups excluding carboxylic acids is 1. The number of ether oxygens (including phenoxy) is 3. The molecule has 0 unspecified atom stereocenters. The number of aryl methyl sites for hydroxylation is 1. The number of amides is 1. The summed E-state index contributed by atoms with van der Waals surface area (Å²) < 4.78 is 17.6. The second-order valence-electron chi connectivity index (χ2n) is 5.23. The van der Waals surface area contributed by atoms with Gasteiger partial charge in [0.05, 0.1) is 38.7 Å². The Hall–Kier alpha value is -1.44. The van der Waals surface area contributed by atoms with Crippen LogP contribution in [-0.4, -0.2) is 56.3 Å². The van der Waals surface area contributed by atoms with Gasteiger partial charge in [0.25, 0.3) is 0 Å². The molecule has 0 saturated heterocycles. The monoisotopic (exact) mass is 311 g/mol. The second kappa shape index (κ2) is 8.87. The molecule has 7 heteroatoms. The molecule has 1 aromatic rings. The molecule has 2 heterocycles. The van der Waals surface area contributed by atoms with Crippen molar-refractivity contribution in [1.29, 1.82) is 0 Å². The fourth-order valence-corrected chi connectivity index (χ4v) is 2.55. The Morgan fingerprint density at radius 2 is 2.18 bits per heavy atom. The maximum atomic E-state index is 11.8. The first-order chi connectivity index (χ1) is 10.8. The third kappa shape index (κ3) is 4.53. The summed E-state index contributed by atoms with van der Waals surface area (Å²) in [6.07, 6.45) is 1.92. The Morgan fingerprint density at radius 3 is 2.95 bits per heavy atom. The standard InChI is InChI=1S/C15H25N3O4/c1-20-9-6-16-15(19)4-3-13-12-11-22-8-5-14(12)18(17-13)7-10-21-2/h3-11H2,1-2H3,(H,16,19). The molecule has 22 heavy (non-hydrogen) atoms. The topological polar surface area (TPSA) is 74.6 Å². The number of hydrogen-bond acceptors (Lipinski definition) is 5. The van der Waals surface area contributed by atoms with Gasteiger partial charge in [0, 0.05) is 51.3 Å². The van der Waals surface area contributed by atoms with Gasteiger partial charge in [-0.3, -0.25) is 9.48 Å². The lowest BCUT2D eigenvalue weighted by molar-refractivity contribution is -0.121. The maximum absolute atomic E-state index is 11.8. The number of rotatable bonds is 9. The quantitative estimate of drug-likeness (QED) is 0.664. The average molecular weight is 311 g/mol. The number of carbonyl (C=O) groups is 1. The van der Waals surface area contributed by atoms with Crippen molar-refractivity contribution in [2.24, 2.45) is 0 Å². The smallest absolute Gasteiger partial charge is 0.220 e. The zero-order chi connectivity index (χ0) is 15.8. The summed E-state index contributed by atoms with van der Waals surface area (Å²) in [7, 11) is 3.30. The highest BCUT2D eigenvalue weighted by atomic mass is 16.5. The number of aromatic nitrogens is 2. The molecule has 0 radical (unpaired) electrons. The minimum Gasteiger partial charge on any atom is -0.383 e. The van der Waals surface area contributed by atoms with E-state index in [0.29, 0.717) is 39.2 Å². The number of methoxy groups -OCH3 is 2. The third-order valence-corrected chi connectivity index (χ3v) is 3.70. The number of fused-ring (bicyclic) bond motifs is 1. The second-order valence-corrected chi connectivity index (χ2v) is 5.23. The summed E-state index contributed by atoms with van der Waals surface area (Å²) in [6.45, 7) is 3.75. The first-order valence-corrected chi connectivity index (χ1v) is 7.66. The minimum atomic E-state index is 0.0222. The van der Waals surface area contributed by atoms with Gasteiger partial charge in [-0.15, -0.1) is 0 Å². The van der Waals surface area contributed by atoms with Crippen LogP contribution in [0.3, 0.4) is 0 Å². The summed E-state index contributed by atoms with van der Waals surface area (Å²) in [6, 6.07) is 0. The highest BCUT2D eigenvalue weighted by Crippen LogP contribution is 2.22. The molecule has 2 rings (SSSR count). The molecule has 0 fully saturated rings. The average Bonchev–Trinajstić information content (AvgIpc) is 2.89. The van der Waals surface area contributed by atoms with Gasteiger partial charge in [0.1, 0.15) is 0 Å². The molecule has 7 nitrogen and oxygen atoms in total. The van der Waals surface area contributed by atoms with Crippen LogP contribution in [0.2, 0.25) is 0 Å². The Morgan fingerprint density at radius 1 is 1.36 bits per heavy atom. The van der Waals surface area contributed by atoms with Gasteiger partial charge in [-0.2, -0.15) is 5.10 Å². The van der Waals surface area contributed by atoms with E-state index in [1.54, 1.807) is 14.2 Å². The SMILES string of the molecule is COCCNC(=O)CCc1nn(CCOC)c2c1COCC2. The van der Waals surface area contributed by atoms with Gasteiger partial charge in [-0.25, -0.2) is 0 Å². The van der Waals surface area contributed by atoms with Gasteiger partial charge in [0.15, 0.2) is 0 Å². The molecule has 1 aromatic heterocycles. The van der Waals surface area contributed by atoms with E-state index in [9.17, 15) is 4.79 Å². The normalized spacial score (nSPS) is 13.9. The molecule has 0 aliphatic carbocycles. The third-order valence-electron chi connectivity index (χ3n) is 3.70. The summed E-state index contributed by atoms with van der Waals surface area (Å²) in [5.41, 5.74) is 3.33. The highest BCUT2D eigenvalue weighted by Gasteiger charge is 2.21. The zero-order valence-electron chi connectivity index (χ0n) is 13.4. The molecule has 124 valence electrons.